The normalized spacial score (nSPS) is 16.4. The number of nitrogens with zero attached hydrogens (tertiary/aromatic N) is 1. The molecule has 0 aliphatic carbocycles. The molecule has 5 nitrogen and oxygen atoms in total. The highest BCUT2D eigenvalue weighted by Gasteiger charge is 2.37. The van der Waals surface area contributed by atoms with Gasteiger partial charge in [0.25, 0.3) is 0 Å². The molecule has 1 aliphatic rings. The molecule has 0 spiro atoms. The second-order valence-electron chi connectivity index (χ2n) is 7.70. The Labute approximate surface area is 159 Å². The zero-order valence-corrected chi connectivity index (χ0v) is 16.2. The van der Waals surface area contributed by atoms with Gasteiger partial charge in [0.15, 0.2) is 0 Å². The van der Waals surface area contributed by atoms with Crippen molar-refractivity contribution in [3.63, 3.8) is 0 Å². The summed E-state index contributed by atoms with van der Waals surface area (Å²) >= 11 is 0. The predicted octanol–water partition coefficient (Wildman–Crippen LogP) is 4.19. The van der Waals surface area contributed by atoms with Gasteiger partial charge in [0.2, 0.25) is 0 Å². The number of amides is 1. The molecule has 142 valence electrons. The maximum absolute atomic E-state index is 12.6. The van der Waals surface area contributed by atoms with E-state index in [1.54, 1.807) is 0 Å². The third-order valence-corrected chi connectivity index (χ3v) is 4.54. The summed E-state index contributed by atoms with van der Waals surface area (Å²) in [6, 6.07) is 15.5. The summed E-state index contributed by atoms with van der Waals surface area (Å²) in [4.78, 5) is 26.4. The third-order valence-electron chi connectivity index (χ3n) is 4.54. The number of hydrogen-bond acceptors (Lipinski definition) is 4. The molecule has 2 aromatic rings. The van der Waals surface area contributed by atoms with Gasteiger partial charge in [-0.15, -0.1) is 0 Å². The predicted molar refractivity (Wildman–Crippen MR) is 103 cm³/mol. The molecule has 0 N–H and O–H groups in total. The van der Waals surface area contributed by atoms with E-state index < -0.39 is 23.7 Å². The van der Waals surface area contributed by atoms with Crippen molar-refractivity contribution in [1.82, 2.24) is 4.90 Å². The summed E-state index contributed by atoms with van der Waals surface area (Å²) < 4.78 is 10.4. The van der Waals surface area contributed by atoms with Crippen LogP contribution in [0.15, 0.2) is 48.5 Å². The van der Waals surface area contributed by atoms with Crippen LogP contribution in [0.1, 0.15) is 31.9 Å². The summed E-state index contributed by atoms with van der Waals surface area (Å²) in [5.41, 5.74) is 3.63. The number of benzene rings is 2. The van der Waals surface area contributed by atoms with Crippen molar-refractivity contribution in [3.8, 4) is 11.1 Å². The van der Waals surface area contributed by atoms with Crippen LogP contribution in [0.3, 0.4) is 0 Å². The lowest BCUT2D eigenvalue weighted by molar-refractivity contribution is -0.147. The first kappa shape index (κ1) is 19.0. The molecule has 1 amide bonds. The average molecular weight is 367 g/mol. The summed E-state index contributed by atoms with van der Waals surface area (Å²) in [5, 5.41) is 0. The van der Waals surface area contributed by atoms with E-state index in [4.69, 9.17) is 9.47 Å². The lowest BCUT2D eigenvalue weighted by Gasteiger charge is -2.36. The summed E-state index contributed by atoms with van der Waals surface area (Å²) in [7, 11) is 1.34. The summed E-state index contributed by atoms with van der Waals surface area (Å²) in [6.07, 6.45) is -0.0993. The van der Waals surface area contributed by atoms with Crippen molar-refractivity contribution >= 4 is 12.1 Å². The monoisotopic (exact) mass is 367 g/mol. The first-order valence-electron chi connectivity index (χ1n) is 9.03. The van der Waals surface area contributed by atoms with E-state index >= 15 is 0 Å². The molecule has 1 atom stereocenters. The molecule has 27 heavy (non-hydrogen) atoms. The summed E-state index contributed by atoms with van der Waals surface area (Å²) in [5.74, 6) is -0.434. The van der Waals surface area contributed by atoms with Crippen LogP contribution in [-0.2, 0) is 27.2 Å². The number of fused-ring (bicyclic) bond motifs is 1. The smallest absolute Gasteiger partial charge is 0.411 e. The Balaban J connectivity index is 1.93. The minimum Gasteiger partial charge on any atom is -0.467 e. The number of rotatable bonds is 2. The Kier molecular flexibility index (Phi) is 5.22. The van der Waals surface area contributed by atoms with Gasteiger partial charge in [0.05, 0.1) is 13.7 Å². The zero-order chi connectivity index (χ0) is 19.6. The largest absolute Gasteiger partial charge is 0.467 e. The molecule has 0 bridgehead atoms. The van der Waals surface area contributed by atoms with Crippen LogP contribution < -0.4 is 0 Å². The number of carbonyl (C=O) groups is 2. The van der Waals surface area contributed by atoms with Crippen molar-refractivity contribution in [2.45, 2.75) is 45.4 Å². The number of methoxy groups -OCH3 is 1. The van der Waals surface area contributed by atoms with Gasteiger partial charge < -0.3 is 9.47 Å². The Morgan fingerprint density at radius 2 is 1.70 bits per heavy atom. The minimum atomic E-state index is -0.691. The second-order valence-corrected chi connectivity index (χ2v) is 7.70. The molecule has 1 unspecified atom stereocenters. The van der Waals surface area contributed by atoms with Crippen LogP contribution >= 0.6 is 0 Å². The van der Waals surface area contributed by atoms with Gasteiger partial charge in [-0.3, -0.25) is 4.90 Å². The van der Waals surface area contributed by atoms with Gasteiger partial charge in [0.1, 0.15) is 11.6 Å². The van der Waals surface area contributed by atoms with Crippen molar-refractivity contribution < 1.29 is 19.1 Å². The topological polar surface area (TPSA) is 55.8 Å². The highest BCUT2D eigenvalue weighted by atomic mass is 16.6. The van der Waals surface area contributed by atoms with Crippen LogP contribution in [0.5, 0.6) is 0 Å². The Morgan fingerprint density at radius 3 is 2.33 bits per heavy atom. The van der Waals surface area contributed by atoms with Crippen LogP contribution in [-0.4, -0.2) is 35.7 Å². The maximum atomic E-state index is 12.6. The van der Waals surface area contributed by atoms with Crippen molar-refractivity contribution in [2.24, 2.45) is 0 Å². The lowest BCUT2D eigenvalue weighted by Crippen LogP contribution is -2.50. The van der Waals surface area contributed by atoms with Crippen molar-refractivity contribution in [3.05, 3.63) is 59.7 Å². The quantitative estimate of drug-likeness (QED) is 0.747. The molecule has 1 heterocycles. The number of esters is 1. The zero-order valence-electron chi connectivity index (χ0n) is 16.2. The van der Waals surface area contributed by atoms with Gasteiger partial charge in [-0.1, -0.05) is 48.5 Å². The van der Waals surface area contributed by atoms with E-state index in [9.17, 15) is 9.59 Å². The standard InChI is InChI=1S/C22H25NO4/c1-22(2,3)27-21(25)23-14-17-11-10-16(15-8-6-5-7-9-15)12-18(17)13-19(23)20(24)26-4/h5-12,19H,13-14H2,1-4H3. The fourth-order valence-corrected chi connectivity index (χ4v) is 3.25. The van der Waals surface area contributed by atoms with Gasteiger partial charge in [-0.05, 0) is 43.0 Å². The number of hydrogen-bond donors (Lipinski definition) is 0. The third kappa shape index (κ3) is 4.30. The van der Waals surface area contributed by atoms with E-state index in [0.717, 1.165) is 22.3 Å². The van der Waals surface area contributed by atoms with E-state index in [1.165, 1.54) is 12.0 Å². The number of ether oxygens (including phenoxy) is 2. The first-order valence-corrected chi connectivity index (χ1v) is 9.03. The molecular formula is C22H25NO4. The second kappa shape index (κ2) is 7.43. The molecular weight excluding hydrogens is 342 g/mol. The van der Waals surface area contributed by atoms with Gasteiger partial charge in [0, 0.05) is 6.42 Å². The molecule has 0 saturated heterocycles. The molecule has 2 aromatic carbocycles. The SMILES string of the molecule is COC(=O)C1Cc2cc(-c3ccccc3)ccc2CN1C(=O)OC(C)(C)C. The lowest BCUT2D eigenvalue weighted by atomic mass is 9.91. The van der Waals surface area contributed by atoms with Gasteiger partial charge in [-0.25, -0.2) is 9.59 Å². The van der Waals surface area contributed by atoms with E-state index in [1.807, 2.05) is 51.1 Å². The highest BCUT2D eigenvalue weighted by Crippen LogP contribution is 2.30. The molecule has 5 heteroatoms. The van der Waals surface area contributed by atoms with Crippen LogP contribution in [0, 0.1) is 0 Å². The molecule has 0 aromatic heterocycles. The van der Waals surface area contributed by atoms with Crippen LogP contribution in [0.4, 0.5) is 4.79 Å². The van der Waals surface area contributed by atoms with E-state index in [0.29, 0.717) is 13.0 Å². The fourth-order valence-electron chi connectivity index (χ4n) is 3.25. The average Bonchev–Trinajstić information content (AvgIpc) is 2.65. The molecule has 0 saturated carbocycles. The van der Waals surface area contributed by atoms with E-state index in [-0.39, 0.29) is 0 Å². The maximum Gasteiger partial charge on any atom is 0.411 e. The fraction of sp³-hybridized carbons (Fsp3) is 0.364. The van der Waals surface area contributed by atoms with Gasteiger partial charge in [-0.2, -0.15) is 0 Å². The number of carbonyl (C=O) groups excluding carboxylic acids is 2. The molecule has 3 rings (SSSR count). The molecule has 0 radical (unpaired) electrons. The minimum absolute atomic E-state index is 0.319. The van der Waals surface area contributed by atoms with Crippen molar-refractivity contribution in [2.75, 3.05) is 7.11 Å². The van der Waals surface area contributed by atoms with Crippen LogP contribution in [0.2, 0.25) is 0 Å². The van der Waals surface area contributed by atoms with Crippen molar-refractivity contribution in [1.29, 1.82) is 0 Å². The first-order chi connectivity index (χ1) is 12.8. The molecule has 0 fully saturated rings. The molecule has 1 aliphatic heterocycles. The Bertz CT molecular complexity index is 839. The summed E-state index contributed by atoms with van der Waals surface area (Å²) in [6.45, 7) is 5.74. The Hall–Kier alpha value is -2.82. The Morgan fingerprint density at radius 1 is 1.00 bits per heavy atom. The van der Waals surface area contributed by atoms with E-state index in [2.05, 4.69) is 18.2 Å². The van der Waals surface area contributed by atoms with Gasteiger partial charge >= 0.3 is 12.1 Å². The highest BCUT2D eigenvalue weighted by molar-refractivity contribution is 5.83. The van der Waals surface area contributed by atoms with Crippen LogP contribution in [0.25, 0.3) is 11.1 Å².